The van der Waals surface area contributed by atoms with Gasteiger partial charge >= 0.3 is 12.3 Å². The van der Waals surface area contributed by atoms with Gasteiger partial charge in [0.2, 0.25) is 0 Å². The molecule has 1 unspecified atom stereocenters. The maximum absolute atomic E-state index is 13.8. The predicted molar refractivity (Wildman–Crippen MR) is 77.3 cm³/mol. The fourth-order valence-corrected chi connectivity index (χ4v) is 2.45. The van der Waals surface area contributed by atoms with E-state index in [1.165, 1.54) is 18.2 Å². The van der Waals surface area contributed by atoms with Crippen LogP contribution in [0.25, 0.3) is 0 Å². The third-order valence-electron chi connectivity index (χ3n) is 2.87. The largest absolute Gasteiger partial charge is 0.494 e. The molecule has 0 spiro atoms. The van der Waals surface area contributed by atoms with Gasteiger partial charge in [0.1, 0.15) is 11.8 Å². The van der Waals surface area contributed by atoms with Crippen LogP contribution in [0.15, 0.2) is 22.7 Å². The lowest BCUT2D eigenvalue weighted by Gasteiger charge is -2.28. The highest BCUT2D eigenvalue weighted by Gasteiger charge is 2.49. The molecule has 1 aromatic carbocycles. The van der Waals surface area contributed by atoms with E-state index in [9.17, 15) is 17.6 Å². The zero-order chi connectivity index (χ0) is 16.0. The summed E-state index contributed by atoms with van der Waals surface area (Å²) < 4.78 is 58.5. The molecule has 0 saturated carbocycles. The van der Waals surface area contributed by atoms with Crippen molar-refractivity contribution >= 4 is 15.9 Å². The third-order valence-corrected chi connectivity index (χ3v) is 3.55. The quantitative estimate of drug-likeness (QED) is 0.663. The second kappa shape index (κ2) is 7.98. The molecular weight excluding hydrogens is 354 g/mol. The molecule has 0 fully saturated rings. The molecule has 1 atom stereocenters. The first-order valence-electron chi connectivity index (χ1n) is 6.66. The van der Waals surface area contributed by atoms with Gasteiger partial charge in [-0.1, -0.05) is 28.9 Å². The van der Waals surface area contributed by atoms with Gasteiger partial charge in [0.25, 0.3) is 0 Å². The van der Waals surface area contributed by atoms with Crippen molar-refractivity contribution in [3.8, 4) is 5.75 Å². The first kappa shape index (κ1) is 18.2. The first-order valence-corrected chi connectivity index (χ1v) is 7.45. The van der Waals surface area contributed by atoms with Crippen molar-refractivity contribution in [2.75, 3.05) is 13.2 Å². The van der Waals surface area contributed by atoms with Crippen molar-refractivity contribution in [3.63, 3.8) is 0 Å². The highest BCUT2D eigenvalue weighted by atomic mass is 79.9. The molecule has 0 heterocycles. The second-order valence-corrected chi connectivity index (χ2v) is 5.33. The average Bonchev–Trinajstić information content (AvgIpc) is 2.41. The minimum absolute atomic E-state index is 0.0807. The van der Waals surface area contributed by atoms with E-state index in [0.29, 0.717) is 23.2 Å². The second-order valence-electron chi connectivity index (χ2n) is 4.48. The lowest BCUT2D eigenvalue weighted by molar-refractivity contribution is -0.151. The van der Waals surface area contributed by atoms with Crippen molar-refractivity contribution in [2.24, 2.45) is 0 Å². The van der Waals surface area contributed by atoms with Crippen LogP contribution in [-0.4, -0.2) is 25.5 Å². The number of halogens is 5. The molecule has 0 bridgehead atoms. The van der Waals surface area contributed by atoms with Crippen molar-refractivity contribution in [1.82, 2.24) is 5.32 Å². The molecule has 0 aliphatic heterocycles. The Balaban J connectivity index is 3.14. The summed E-state index contributed by atoms with van der Waals surface area (Å²) in [6.07, 6.45) is -3.19. The Hall–Kier alpha value is -0.820. The van der Waals surface area contributed by atoms with E-state index < -0.39 is 18.4 Å². The van der Waals surface area contributed by atoms with Crippen LogP contribution in [0.5, 0.6) is 5.75 Å². The monoisotopic (exact) mass is 371 g/mol. The van der Waals surface area contributed by atoms with Crippen molar-refractivity contribution in [2.45, 2.75) is 38.7 Å². The Labute approximate surface area is 130 Å². The summed E-state index contributed by atoms with van der Waals surface area (Å²) in [5.41, 5.74) is 0.0807. The summed E-state index contributed by atoms with van der Waals surface area (Å²) in [6.45, 7) is 4.21. The minimum Gasteiger partial charge on any atom is -0.494 e. The van der Waals surface area contributed by atoms with Crippen molar-refractivity contribution < 1.29 is 22.3 Å². The Morgan fingerprint density at radius 2 is 1.95 bits per heavy atom. The average molecular weight is 372 g/mol. The minimum atomic E-state index is -4.16. The summed E-state index contributed by atoms with van der Waals surface area (Å²) >= 11 is 3.15. The van der Waals surface area contributed by atoms with E-state index in [2.05, 4.69) is 21.2 Å². The number of benzene rings is 1. The van der Waals surface area contributed by atoms with Crippen LogP contribution in [0.1, 0.15) is 31.9 Å². The summed E-state index contributed by atoms with van der Waals surface area (Å²) in [6, 6.07) is 2.60. The smallest absolute Gasteiger partial charge is 0.326 e. The highest BCUT2D eigenvalue weighted by molar-refractivity contribution is 9.10. The highest BCUT2D eigenvalue weighted by Crippen LogP contribution is 2.40. The van der Waals surface area contributed by atoms with Crippen LogP contribution in [0.3, 0.4) is 0 Å². The summed E-state index contributed by atoms with van der Waals surface area (Å²) in [5, 5.41) is 2.50. The van der Waals surface area contributed by atoms with E-state index in [4.69, 9.17) is 4.74 Å². The fourth-order valence-electron chi connectivity index (χ4n) is 1.87. The van der Waals surface area contributed by atoms with Crippen molar-refractivity contribution in [3.05, 3.63) is 28.2 Å². The summed E-state index contributed by atoms with van der Waals surface area (Å²) in [4.78, 5) is 0. The molecule has 0 saturated heterocycles. The molecule has 0 aromatic heterocycles. The topological polar surface area (TPSA) is 21.3 Å². The Morgan fingerprint density at radius 1 is 1.29 bits per heavy atom. The molecule has 120 valence electrons. The van der Waals surface area contributed by atoms with Crippen LogP contribution in [0.4, 0.5) is 17.6 Å². The number of alkyl halides is 4. The van der Waals surface area contributed by atoms with Gasteiger partial charge in [-0.15, -0.1) is 0 Å². The predicted octanol–water partition coefficient (Wildman–Crippen LogP) is 4.79. The normalized spacial score (nSPS) is 13.5. The number of hydrogen-bond donors (Lipinski definition) is 1. The zero-order valence-electron chi connectivity index (χ0n) is 11.8. The van der Waals surface area contributed by atoms with Crippen LogP contribution >= 0.6 is 15.9 Å². The van der Waals surface area contributed by atoms with E-state index in [-0.39, 0.29) is 12.1 Å². The lowest BCUT2D eigenvalue weighted by atomic mass is 10.00. The molecule has 0 aliphatic rings. The fraction of sp³-hybridized carbons (Fsp3) is 0.571. The van der Waals surface area contributed by atoms with Crippen LogP contribution in [0.2, 0.25) is 0 Å². The van der Waals surface area contributed by atoms with Crippen LogP contribution in [0, 0.1) is 0 Å². The van der Waals surface area contributed by atoms with Gasteiger partial charge in [0, 0.05) is 4.47 Å². The molecule has 1 rings (SSSR count). The molecule has 1 aromatic rings. The zero-order valence-corrected chi connectivity index (χ0v) is 13.4. The molecule has 7 heteroatoms. The molecule has 0 radical (unpaired) electrons. The van der Waals surface area contributed by atoms with E-state index in [1.807, 2.05) is 0 Å². The Morgan fingerprint density at radius 3 is 2.43 bits per heavy atom. The van der Waals surface area contributed by atoms with Gasteiger partial charge in [0.15, 0.2) is 0 Å². The summed E-state index contributed by atoms with van der Waals surface area (Å²) in [7, 11) is 0. The van der Waals surface area contributed by atoms with Crippen LogP contribution in [-0.2, 0) is 0 Å². The molecular formula is C14H18BrF4NO. The van der Waals surface area contributed by atoms with E-state index in [1.54, 1.807) is 13.8 Å². The molecule has 1 N–H and O–H groups in total. The number of ether oxygens (including phenoxy) is 1. The molecule has 2 nitrogen and oxygen atoms in total. The lowest BCUT2D eigenvalue weighted by Crippen LogP contribution is -2.43. The maximum Gasteiger partial charge on any atom is 0.326 e. The van der Waals surface area contributed by atoms with E-state index >= 15 is 0 Å². The van der Waals surface area contributed by atoms with Gasteiger partial charge in [-0.2, -0.15) is 8.78 Å². The molecule has 0 aliphatic carbocycles. The first-order chi connectivity index (χ1) is 9.84. The number of nitrogens with one attached hydrogen (secondary N) is 1. The van der Waals surface area contributed by atoms with Gasteiger partial charge < -0.3 is 10.1 Å². The van der Waals surface area contributed by atoms with Gasteiger partial charge in [-0.3, -0.25) is 0 Å². The molecule has 21 heavy (non-hydrogen) atoms. The van der Waals surface area contributed by atoms with Crippen LogP contribution < -0.4 is 10.1 Å². The number of rotatable bonds is 8. The Bertz CT molecular complexity index is 457. The van der Waals surface area contributed by atoms with Gasteiger partial charge in [-0.25, -0.2) is 8.78 Å². The maximum atomic E-state index is 13.8. The van der Waals surface area contributed by atoms with E-state index in [0.717, 1.165) is 0 Å². The summed E-state index contributed by atoms with van der Waals surface area (Å²) in [5.74, 6) is -3.67. The SMILES string of the molecule is CCCNC(c1ccc(OCC)cc1Br)C(F)(F)C(F)F. The van der Waals surface area contributed by atoms with Gasteiger partial charge in [-0.05, 0) is 37.6 Å². The van der Waals surface area contributed by atoms with Gasteiger partial charge in [0.05, 0.1) is 6.61 Å². The molecule has 0 amide bonds. The number of hydrogen-bond acceptors (Lipinski definition) is 2. The Kier molecular flexibility index (Phi) is 6.93. The third kappa shape index (κ3) is 4.57. The standard InChI is InChI=1S/C14H18BrF4NO/c1-3-7-20-12(14(18,19)13(16)17)10-6-5-9(21-4-2)8-11(10)15/h5-6,8,12-13,20H,3-4,7H2,1-2H3. The van der Waals surface area contributed by atoms with Crippen molar-refractivity contribution in [1.29, 1.82) is 0 Å².